The molecule has 27 heavy (non-hydrogen) atoms. The lowest BCUT2D eigenvalue weighted by atomic mass is 10.1. The molecule has 144 valence electrons. The van der Waals surface area contributed by atoms with Gasteiger partial charge in [0.1, 0.15) is 5.75 Å². The second-order valence-corrected chi connectivity index (χ2v) is 7.49. The van der Waals surface area contributed by atoms with E-state index >= 15 is 0 Å². The molecule has 1 saturated heterocycles. The van der Waals surface area contributed by atoms with Gasteiger partial charge in [0.2, 0.25) is 0 Å². The average molecular weight is 367 g/mol. The first-order chi connectivity index (χ1) is 12.9. The molecular weight excluding hydrogens is 336 g/mol. The standard InChI is InChI=1S/C23H30N2O2/c1-16-8-6-10-21(18(16)3)24-12-14-25(15-13-24)23(26)20(5)27-22-11-7-9-17(2)19(22)4/h6-11,20H,12-15H2,1-5H3/t20-/m1/s1. The molecule has 1 atom stereocenters. The van der Waals surface area contributed by atoms with Crippen molar-refractivity contribution in [3.63, 3.8) is 0 Å². The fourth-order valence-electron chi connectivity index (χ4n) is 3.60. The minimum atomic E-state index is -0.474. The quantitative estimate of drug-likeness (QED) is 0.819. The number of carbonyl (C=O) groups excluding carboxylic acids is 1. The van der Waals surface area contributed by atoms with Crippen LogP contribution < -0.4 is 9.64 Å². The number of benzene rings is 2. The number of carbonyl (C=O) groups is 1. The number of aryl methyl sites for hydroxylation is 2. The summed E-state index contributed by atoms with van der Waals surface area (Å²) in [6.45, 7) is 13.4. The molecule has 0 aliphatic carbocycles. The van der Waals surface area contributed by atoms with Crippen molar-refractivity contribution in [3.05, 3.63) is 58.7 Å². The third-order valence-corrected chi connectivity index (χ3v) is 5.71. The van der Waals surface area contributed by atoms with Crippen molar-refractivity contribution in [1.29, 1.82) is 0 Å². The molecule has 0 bridgehead atoms. The van der Waals surface area contributed by atoms with Gasteiger partial charge in [0.15, 0.2) is 6.10 Å². The number of rotatable bonds is 4. The largest absolute Gasteiger partial charge is 0.481 e. The fraction of sp³-hybridized carbons (Fsp3) is 0.435. The Morgan fingerprint density at radius 3 is 2.15 bits per heavy atom. The van der Waals surface area contributed by atoms with Crippen molar-refractivity contribution in [1.82, 2.24) is 4.90 Å². The lowest BCUT2D eigenvalue weighted by Crippen LogP contribution is -2.52. The Morgan fingerprint density at radius 2 is 1.48 bits per heavy atom. The van der Waals surface area contributed by atoms with E-state index in [1.807, 2.05) is 30.9 Å². The van der Waals surface area contributed by atoms with Crippen LogP contribution in [0.4, 0.5) is 5.69 Å². The lowest BCUT2D eigenvalue weighted by molar-refractivity contribution is -0.138. The average Bonchev–Trinajstić information content (AvgIpc) is 2.67. The molecule has 1 fully saturated rings. The first kappa shape index (κ1) is 19.3. The Morgan fingerprint density at radius 1 is 0.889 bits per heavy atom. The molecule has 0 unspecified atom stereocenters. The van der Waals surface area contributed by atoms with Gasteiger partial charge >= 0.3 is 0 Å². The van der Waals surface area contributed by atoms with Gasteiger partial charge in [-0.3, -0.25) is 4.79 Å². The van der Waals surface area contributed by atoms with E-state index in [0.29, 0.717) is 0 Å². The van der Waals surface area contributed by atoms with E-state index in [4.69, 9.17) is 4.74 Å². The first-order valence-electron chi connectivity index (χ1n) is 9.71. The first-order valence-corrected chi connectivity index (χ1v) is 9.71. The third-order valence-electron chi connectivity index (χ3n) is 5.71. The Bertz CT molecular complexity index is 823. The maximum absolute atomic E-state index is 12.8. The van der Waals surface area contributed by atoms with Crippen LogP contribution in [0.25, 0.3) is 0 Å². The maximum atomic E-state index is 12.8. The molecule has 1 aliphatic heterocycles. The van der Waals surface area contributed by atoms with Gasteiger partial charge in [0, 0.05) is 31.9 Å². The zero-order valence-corrected chi connectivity index (χ0v) is 17.1. The molecule has 4 heteroatoms. The van der Waals surface area contributed by atoms with Crippen molar-refractivity contribution >= 4 is 11.6 Å². The number of ether oxygens (including phenoxy) is 1. The summed E-state index contributed by atoms with van der Waals surface area (Å²) in [6, 6.07) is 12.4. The van der Waals surface area contributed by atoms with Crippen LogP contribution in [-0.4, -0.2) is 43.1 Å². The van der Waals surface area contributed by atoms with Crippen LogP contribution in [0.5, 0.6) is 5.75 Å². The highest BCUT2D eigenvalue weighted by Gasteiger charge is 2.27. The summed E-state index contributed by atoms with van der Waals surface area (Å²) in [5, 5.41) is 0. The van der Waals surface area contributed by atoms with E-state index in [1.54, 1.807) is 0 Å². The van der Waals surface area contributed by atoms with Crippen LogP contribution in [0.3, 0.4) is 0 Å². The highest BCUT2D eigenvalue weighted by atomic mass is 16.5. The van der Waals surface area contributed by atoms with Gasteiger partial charge in [-0.2, -0.15) is 0 Å². The topological polar surface area (TPSA) is 32.8 Å². The van der Waals surface area contributed by atoms with E-state index in [-0.39, 0.29) is 5.91 Å². The van der Waals surface area contributed by atoms with Crippen molar-refractivity contribution in [2.45, 2.75) is 40.7 Å². The summed E-state index contributed by atoms with van der Waals surface area (Å²) in [7, 11) is 0. The number of nitrogens with zero attached hydrogens (tertiary/aromatic N) is 2. The number of anilines is 1. The predicted octanol–water partition coefficient (Wildman–Crippen LogP) is 4.04. The zero-order chi connectivity index (χ0) is 19.6. The highest BCUT2D eigenvalue weighted by molar-refractivity contribution is 5.81. The molecule has 0 aromatic heterocycles. The van der Waals surface area contributed by atoms with Gasteiger partial charge in [0.25, 0.3) is 5.91 Å². The second kappa shape index (κ2) is 8.03. The molecule has 1 heterocycles. The molecule has 0 radical (unpaired) electrons. The lowest BCUT2D eigenvalue weighted by Gasteiger charge is -2.38. The molecule has 3 rings (SSSR count). The molecule has 1 aliphatic rings. The number of amides is 1. The maximum Gasteiger partial charge on any atom is 0.263 e. The Hall–Kier alpha value is -2.49. The van der Waals surface area contributed by atoms with Crippen LogP contribution in [0.15, 0.2) is 36.4 Å². The van der Waals surface area contributed by atoms with E-state index in [2.05, 4.69) is 49.9 Å². The van der Waals surface area contributed by atoms with Crippen LogP contribution in [-0.2, 0) is 4.79 Å². The van der Waals surface area contributed by atoms with Crippen LogP contribution >= 0.6 is 0 Å². The van der Waals surface area contributed by atoms with E-state index < -0.39 is 6.10 Å². The van der Waals surface area contributed by atoms with Crippen LogP contribution in [0.2, 0.25) is 0 Å². The Labute approximate surface area is 162 Å². The second-order valence-electron chi connectivity index (χ2n) is 7.49. The van der Waals surface area contributed by atoms with Gasteiger partial charge in [-0.1, -0.05) is 24.3 Å². The van der Waals surface area contributed by atoms with Crippen molar-refractivity contribution < 1.29 is 9.53 Å². The molecule has 0 N–H and O–H groups in total. The summed E-state index contributed by atoms with van der Waals surface area (Å²) in [6.07, 6.45) is -0.474. The summed E-state index contributed by atoms with van der Waals surface area (Å²) in [5.41, 5.74) is 6.18. The van der Waals surface area contributed by atoms with Gasteiger partial charge in [0.05, 0.1) is 0 Å². The molecule has 0 saturated carbocycles. The van der Waals surface area contributed by atoms with E-state index in [1.165, 1.54) is 22.4 Å². The predicted molar refractivity (Wildman–Crippen MR) is 111 cm³/mol. The molecular formula is C23H30N2O2. The number of hydrogen-bond donors (Lipinski definition) is 0. The normalized spacial score (nSPS) is 15.6. The smallest absolute Gasteiger partial charge is 0.263 e. The van der Waals surface area contributed by atoms with Crippen molar-refractivity contribution in [3.8, 4) is 5.75 Å². The molecule has 0 spiro atoms. The van der Waals surface area contributed by atoms with Crippen LogP contribution in [0.1, 0.15) is 29.2 Å². The molecule has 1 amide bonds. The molecule has 2 aromatic carbocycles. The van der Waals surface area contributed by atoms with Gasteiger partial charge in [-0.15, -0.1) is 0 Å². The summed E-state index contributed by atoms with van der Waals surface area (Å²) < 4.78 is 5.98. The van der Waals surface area contributed by atoms with Gasteiger partial charge in [-0.25, -0.2) is 0 Å². The van der Waals surface area contributed by atoms with Crippen molar-refractivity contribution in [2.75, 3.05) is 31.1 Å². The summed E-state index contributed by atoms with van der Waals surface area (Å²) >= 11 is 0. The minimum Gasteiger partial charge on any atom is -0.481 e. The van der Waals surface area contributed by atoms with E-state index in [9.17, 15) is 4.79 Å². The van der Waals surface area contributed by atoms with Crippen molar-refractivity contribution in [2.24, 2.45) is 0 Å². The van der Waals surface area contributed by atoms with E-state index in [0.717, 1.165) is 37.5 Å². The minimum absolute atomic E-state index is 0.0662. The van der Waals surface area contributed by atoms with Gasteiger partial charge < -0.3 is 14.5 Å². The summed E-state index contributed by atoms with van der Waals surface area (Å²) in [4.78, 5) is 17.2. The molecule has 4 nitrogen and oxygen atoms in total. The Balaban J connectivity index is 1.61. The zero-order valence-electron chi connectivity index (χ0n) is 17.1. The fourth-order valence-corrected chi connectivity index (χ4v) is 3.60. The monoisotopic (exact) mass is 366 g/mol. The van der Waals surface area contributed by atoms with Crippen LogP contribution in [0, 0.1) is 27.7 Å². The van der Waals surface area contributed by atoms with Gasteiger partial charge in [-0.05, 0) is 69.0 Å². The Kier molecular flexibility index (Phi) is 5.73. The SMILES string of the molecule is Cc1cccc(O[C@H](C)C(=O)N2CCN(c3cccc(C)c3C)CC2)c1C. The summed E-state index contributed by atoms with van der Waals surface area (Å²) in [5.74, 6) is 0.862. The highest BCUT2D eigenvalue weighted by Crippen LogP contribution is 2.25. The third kappa shape index (κ3) is 4.10. The number of hydrogen-bond acceptors (Lipinski definition) is 3. The molecule has 2 aromatic rings. The number of piperazine rings is 1.